The number of aryl methyl sites for hydroxylation is 1. The molecule has 29 heavy (non-hydrogen) atoms. The quantitative estimate of drug-likeness (QED) is 0.713. The molecule has 0 saturated heterocycles. The van der Waals surface area contributed by atoms with E-state index in [4.69, 9.17) is 0 Å². The predicted molar refractivity (Wildman–Crippen MR) is 108 cm³/mol. The van der Waals surface area contributed by atoms with Gasteiger partial charge in [0, 0.05) is 42.3 Å². The molecule has 2 N–H and O–H groups in total. The molecule has 0 unspecified atom stereocenters. The average molecular weight is 390 g/mol. The van der Waals surface area contributed by atoms with Crippen LogP contribution in [0.3, 0.4) is 0 Å². The maximum absolute atomic E-state index is 14.0. The van der Waals surface area contributed by atoms with Gasteiger partial charge in [-0.3, -0.25) is 9.59 Å². The summed E-state index contributed by atoms with van der Waals surface area (Å²) in [6.45, 7) is 2.24. The molecule has 1 aliphatic carbocycles. The number of hydrogen-bond acceptors (Lipinski definition) is 4. The van der Waals surface area contributed by atoms with Crippen molar-refractivity contribution >= 4 is 17.4 Å². The summed E-state index contributed by atoms with van der Waals surface area (Å²) in [5, 5.41) is 5.85. The highest BCUT2D eigenvalue weighted by atomic mass is 19.1. The number of aromatic nitrogens is 2. The number of anilines is 2. The minimum Gasteiger partial charge on any atom is -0.348 e. The molecule has 1 aliphatic heterocycles. The number of hydrogen-bond donors (Lipinski definition) is 2. The summed E-state index contributed by atoms with van der Waals surface area (Å²) in [7, 11) is 0. The van der Waals surface area contributed by atoms with E-state index in [1.54, 1.807) is 22.9 Å². The first kappa shape index (κ1) is 17.6. The van der Waals surface area contributed by atoms with Gasteiger partial charge in [0.2, 0.25) is 0 Å². The van der Waals surface area contributed by atoms with Crippen LogP contribution in [0.2, 0.25) is 0 Å². The van der Waals surface area contributed by atoms with Crippen LogP contribution >= 0.6 is 0 Å². The number of benzene rings is 1. The Kier molecular flexibility index (Phi) is 3.97. The van der Waals surface area contributed by atoms with Crippen molar-refractivity contribution in [1.29, 1.82) is 0 Å². The SMILES string of the molecule is Cc1cc(Nc2ccn(C3CC3)c(=O)c2)ncc1-c1ccc(F)c2c1CNC2=O. The van der Waals surface area contributed by atoms with E-state index in [1.165, 1.54) is 6.07 Å². The Morgan fingerprint density at radius 2 is 2.00 bits per heavy atom. The molecule has 1 fully saturated rings. The number of pyridine rings is 2. The molecule has 0 bridgehead atoms. The van der Waals surface area contributed by atoms with Crippen molar-refractivity contribution in [2.75, 3.05) is 5.32 Å². The molecule has 2 aromatic heterocycles. The second-order valence-electron chi connectivity index (χ2n) is 7.53. The van der Waals surface area contributed by atoms with Crippen LogP contribution in [0.1, 0.15) is 40.4 Å². The Balaban J connectivity index is 1.45. The molecular formula is C22H19FN4O2. The maximum atomic E-state index is 14.0. The fraction of sp³-hybridized carbons (Fsp3) is 0.227. The number of rotatable bonds is 4. The number of amides is 1. The second kappa shape index (κ2) is 6.55. The first-order chi connectivity index (χ1) is 14.0. The molecule has 7 heteroatoms. The monoisotopic (exact) mass is 390 g/mol. The highest BCUT2D eigenvalue weighted by molar-refractivity contribution is 6.01. The molecule has 0 atom stereocenters. The Bertz CT molecular complexity index is 1210. The maximum Gasteiger partial charge on any atom is 0.254 e. The normalized spacial score (nSPS) is 15.2. The Hall–Kier alpha value is -3.48. The van der Waals surface area contributed by atoms with Crippen LogP contribution in [-0.4, -0.2) is 15.5 Å². The predicted octanol–water partition coefficient (Wildman–Crippen LogP) is 3.68. The van der Waals surface area contributed by atoms with E-state index >= 15 is 0 Å². The van der Waals surface area contributed by atoms with E-state index in [-0.39, 0.29) is 17.0 Å². The molecule has 3 aromatic rings. The first-order valence-electron chi connectivity index (χ1n) is 9.57. The summed E-state index contributed by atoms with van der Waals surface area (Å²) in [5.74, 6) is -0.282. The number of nitrogens with one attached hydrogen (secondary N) is 2. The van der Waals surface area contributed by atoms with E-state index in [0.29, 0.717) is 29.7 Å². The summed E-state index contributed by atoms with van der Waals surface area (Å²) in [6, 6.07) is 8.67. The van der Waals surface area contributed by atoms with Crippen LogP contribution in [0.5, 0.6) is 0 Å². The minimum absolute atomic E-state index is 0.0233. The lowest BCUT2D eigenvalue weighted by Gasteiger charge is -2.13. The molecule has 2 aliphatic rings. The number of nitrogens with zero attached hydrogens (tertiary/aromatic N) is 2. The highest BCUT2D eigenvalue weighted by Gasteiger charge is 2.27. The van der Waals surface area contributed by atoms with E-state index in [2.05, 4.69) is 15.6 Å². The molecule has 5 rings (SSSR count). The van der Waals surface area contributed by atoms with E-state index < -0.39 is 5.82 Å². The largest absolute Gasteiger partial charge is 0.348 e. The standard InChI is InChI=1S/C22H19FN4O2/c1-12-8-19(26-13-6-7-27(14-2-3-14)20(28)9-13)24-10-16(12)15-4-5-18(23)21-17(15)11-25-22(21)29/h4-10,14H,2-3,11H2,1H3,(H,24,26)(H,25,29). The minimum atomic E-state index is -0.511. The molecule has 1 aromatic carbocycles. The van der Waals surface area contributed by atoms with Gasteiger partial charge in [-0.05, 0) is 54.7 Å². The lowest BCUT2D eigenvalue weighted by atomic mass is 9.95. The second-order valence-corrected chi connectivity index (χ2v) is 7.53. The van der Waals surface area contributed by atoms with Crippen molar-refractivity contribution in [2.24, 2.45) is 0 Å². The molecule has 1 saturated carbocycles. The molecule has 0 radical (unpaired) electrons. The fourth-order valence-electron chi connectivity index (χ4n) is 3.83. The van der Waals surface area contributed by atoms with Gasteiger partial charge in [0.05, 0.1) is 5.56 Å². The van der Waals surface area contributed by atoms with Gasteiger partial charge in [-0.2, -0.15) is 0 Å². The van der Waals surface area contributed by atoms with Crippen molar-refractivity contribution in [3.8, 4) is 11.1 Å². The number of fused-ring (bicyclic) bond motifs is 1. The Labute approximate surface area is 166 Å². The molecule has 146 valence electrons. The average Bonchev–Trinajstić information content (AvgIpc) is 3.45. The molecular weight excluding hydrogens is 371 g/mol. The molecule has 1 amide bonds. The first-order valence-corrected chi connectivity index (χ1v) is 9.57. The number of carbonyl (C=O) groups is 1. The van der Waals surface area contributed by atoms with Crippen molar-refractivity contribution in [2.45, 2.75) is 32.4 Å². The summed E-state index contributed by atoms with van der Waals surface area (Å²) < 4.78 is 15.8. The molecule has 6 nitrogen and oxygen atoms in total. The van der Waals surface area contributed by atoms with Crippen molar-refractivity contribution < 1.29 is 9.18 Å². The zero-order valence-electron chi connectivity index (χ0n) is 15.8. The van der Waals surface area contributed by atoms with Gasteiger partial charge < -0.3 is 15.2 Å². The third-order valence-corrected chi connectivity index (χ3v) is 5.48. The van der Waals surface area contributed by atoms with Crippen molar-refractivity contribution in [3.63, 3.8) is 0 Å². The summed E-state index contributed by atoms with van der Waals surface area (Å²) in [4.78, 5) is 28.6. The van der Waals surface area contributed by atoms with Gasteiger partial charge in [-0.15, -0.1) is 0 Å². The zero-order chi connectivity index (χ0) is 20.1. The van der Waals surface area contributed by atoms with Crippen LogP contribution in [0, 0.1) is 12.7 Å². The summed E-state index contributed by atoms with van der Waals surface area (Å²) in [5.41, 5.74) is 4.00. The van der Waals surface area contributed by atoms with E-state index in [0.717, 1.165) is 29.5 Å². The van der Waals surface area contributed by atoms with Crippen molar-refractivity contribution in [1.82, 2.24) is 14.9 Å². The lowest BCUT2D eigenvalue weighted by Crippen LogP contribution is -2.17. The van der Waals surface area contributed by atoms with Gasteiger partial charge in [0.15, 0.2) is 0 Å². The van der Waals surface area contributed by atoms with Crippen LogP contribution < -0.4 is 16.2 Å². The number of carbonyl (C=O) groups excluding carboxylic acids is 1. The van der Waals surface area contributed by atoms with Gasteiger partial charge in [0.25, 0.3) is 11.5 Å². The smallest absolute Gasteiger partial charge is 0.254 e. The van der Waals surface area contributed by atoms with Crippen molar-refractivity contribution in [3.05, 3.63) is 75.6 Å². The van der Waals surface area contributed by atoms with Gasteiger partial charge in [-0.25, -0.2) is 9.37 Å². The summed E-state index contributed by atoms with van der Waals surface area (Å²) in [6.07, 6.45) is 5.64. The van der Waals surface area contributed by atoms with Gasteiger partial charge in [-0.1, -0.05) is 6.07 Å². The van der Waals surface area contributed by atoms with Crippen LogP contribution in [0.15, 0.2) is 47.5 Å². The topological polar surface area (TPSA) is 76.0 Å². The van der Waals surface area contributed by atoms with Gasteiger partial charge >= 0.3 is 0 Å². The summed E-state index contributed by atoms with van der Waals surface area (Å²) >= 11 is 0. The third kappa shape index (κ3) is 3.08. The van der Waals surface area contributed by atoms with Gasteiger partial charge in [0.1, 0.15) is 11.6 Å². The lowest BCUT2D eigenvalue weighted by molar-refractivity contribution is 0.0962. The van der Waals surface area contributed by atoms with Crippen LogP contribution in [0.4, 0.5) is 15.9 Å². The van der Waals surface area contributed by atoms with E-state index in [1.807, 2.05) is 25.3 Å². The zero-order valence-corrected chi connectivity index (χ0v) is 15.8. The number of halogens is 1. The highest BCUT2D eigenvalue weighted by Crippen LogP contribution is 2.34. The Morgan fingerprint density at radius 1 is 1.17 bits per heavy atom. The fourth-order valence-corrected chi connectivity index (χ4v) is 3.83. The van der Waals surface area contributed by atoms with Crippen LogP contribution in [0.25, 0.3) is 11.1 Å². The molecule has 0 spiro atoms. The van der Waals surface area contributed by atoms with Crippen LogP contribution in [-0.2, 0) is 6.54 Å². The molecule has 3 heterocycles. The Morgan fingerprint density at radius 3 is 2.72 bits per heavy atom. The van der Waals surface area contributed by atoms with E-state index in [9.17, 15) is 14.0 Å². The third-order valence-electron chi connectivity index (χ3n) is 5.48.